The topological polar surface area (TPSA) is 137 Å². The van der Waals surface area contributed by atoms with Crippen LogP contribution in [0.4, 0.5) is 5.69 Å². The summed E-state index contributed by atoms with van der Waals surface area (Å²) in [6, 6.07) is 11.8. The quantitative estimate of drug-likeness (QED) is 0.566. The Labute approximate surface area is 138 Å². The van der Waals surface area contributed by atoms with E-state index in [4.69, 9.17) is 28.8 Å². The zero-order valence-corrected chi connectivity index (χ0v) is 13.4. The molecule has 120 valence electrons. The minimum absolute atomic E-state index is 0.124. The molecule has 2 aromatic rings. The van der Waals surface area contributed by atoms with Gasteiger partial charge in [0.05, 0.1) is 15.5 Å². The van der Waals surface area contributed by atoms with Gasteiger partial charge in [0.1, 0.15) is 0 Å². The summed E-state index contributed by atoms with van der Waals surface area (Å²) in [5.41, 5.74) is 16.3. The molecule has 2 rings (SSSR count). The number of halogens is 1. The first-order valence-corrected chi connectivity index (χ1v) is 8.19. The van der Waals surface area contributed by atoms with Crippen LogP contribution in [0, 0.1) is 0 Å². The van der Waals surface area contributed by atoms with Gasteiger partial charge in [0, 0.05) is 5.02 Å². The lowest BCUT2D eigenvalue weighted by Crippen LogP contribution is -2.26. The van der Waals surface area contributed by atoms with E-state index in [-0.39, 0.29) is 21.7 Å². The van der Waals surface area contributed by atoms with E-state index in [1.54, 1.807) is 0 Å². The van der Waals surface area contributed by atoms with E-state index in [0.717, 1.165) is 0 Å². The van der Waals surface area contributed by atoms with E-state index in [1.807, 2.05) is 0 Å². The SMILES string of the molecule is NC(N)=NC(N)=Nc1ccc(S(=O)(=O)c2ccc(Cl)cc2)cc1. The molecule has 0 fully saturated rings. The fraction of sp³-hybridized carbons (Fsp3) is 0. The van der Waals surface area contributed by atoms with Gasteiger partial charge in [0.25, 0.3) is 0 Å². The molecule has 0 aliphatic rings. The maximum atomic E-state index is 12.5. The Hall–Kier alpha value is -2.58. The molecule has 7 nitrogen and oxygen atoms in total. The Bertz CT molecular complexity index is 855. The second-order valence-corrected chi connectivity index (χ2v) is 6.84. The Balaban J connectivity index is 2.32. The molecule has 0 saturated heterocycles. The lowest BCUT2D eigenvalue weighted by atomic mass is 10.3. The van der Waals surface area contributed by atoms with Crippen molar-refractivity contribution in [2.24, 2.45) is 27.2 Å². The van der Waals surface area contributed by atoms with Crippen molar-refractivity contribution in [1.29, 1.82) is 0 Å². The van der Waals surface area contributed by atoms with Crippen LogP contribution >= 0.6 is 11.6 Å². The number of hydrogen-bond acceptors (Lipinski definition) is 3. The smallest absolute Gasteiger partial charge is 0.223 e. The van der Waals surface area contributed by atoms with Crippen LogP contribution < -0.4 is 17.2 Å². The molecule has 0 heterocycles. The average Bonchev–Trinajstić information content (AvgIpc) is 2.47. The summed E-state index contributed by atoms with van der Waals surface area (Å²) in [7, 11) is -3.63. The molecule has 0 spiro atoms. The first kappa shape index (κ1) is 16.8. The molecule has 0 bridgehead atoms. The van der Waals surface area contributed by atoms with Crippen LogP contribution in [0.3, 0.4) is 0 Å². The predicted molar refractivity (Wildman–Crippen MR) is 90.4 cm³/mol. The van der Waals surface area contributed by atoms with Crippen LogP contribution in [0.1, 0.15) is 0 Å². The Kier molecular flexibility index (Phi) is 4.87. The average molecular weight is 352 g/mol. The van der Waals surface area contributed by atoms with Crippen molar-refractivity contribution in [2.75, 3.05) is 0 Å². The lowest BCUT2D eigenvalue weighted by molar-refractivity contribution is 0.596. The summed E-state index contributed by atoms with van der Waals surface area (Å²) < 4.78 is 24.9. The standard InChI is InChI=1S/C14H14ClN5O2S/c15-9-1-5-11(6-2-9)23(21,22)12-7-3-10(4-8-12)19-14(18)20-13(16)17/h1-8H,(H6,16,17,18,19,20). The monoisotopic (exact) mass is 351 g/mol. The summed E-state index contributed by atoms with van der Waals surface area (Å²) in [6.07, 6.45) is 0. The minimum atomic E-state index is -3.63. The van der Waals surface area contributed by atoms with Crippen LogP contribution in [-0.2, 0) is 9.84 Å². The van der Waals surface area contributed by atoms with Gasteiger partial charge in [-0.05, 0) is 48.5 Å². The highest BCUT2D eigenvalue weighted by molar-refractivity contribution is 7.91. The van der Waals surface area contributed by atoms with Gasteiger partial charge < -0.3 is 17.2 Å². The van der Waals surface area contributed by atoms with Crippen LogP contribution in [-0.4, -0.2) is 20.3 Å². The number of sulfone groups is 1. The number of guanidine groups is 2. The van der Waals surface area contributed by atoms with E-state index < -0.39 is 9.84 Å². The largest absolute Gasteiger partial charge is 0.370 e. The molecule has 0 atom stereocenters. The third-order valence-corrected chi connectivity index (χ3v) is 4.80. The summed E-state index contributed by atoms with van der Waals surface area (Å²) in [5, 5.41) is 0.462. The first-order valence-electron chi connectivity index (χ1n) is 6.33. The van der Waals surface area contributed by atoms with Crippen molar-refractivity contribution < 1.29 is 8.42 Å². The zero-order chi connectivity index (χ0) is 17.0. The normalized spacial score (nSPS) is 12.0. The van der Waals surface area contributed by atoms with Gasteiger partial charge in [-0.2, -0.15) is 4.99 Å². The van der Waals surface area contributed by atoms with Crippen LogP contribution in [0.5, 0.6) is 0 Å². The number of nitrogens with two attached hydrogens (primary N) is 3. The van der Waals surface area contributed by atoms with Crippen molar-refractivity contribution >= 4 is 39.0 Å². The number of rotatable bonds is 3. The van der Waals surface area contributed by atoms with Crippen molar-refractivity contribution in [3.05, 3.63) is 53.6 Å². The zero-order valence-electron chi connectivity index (χ0n) is 11.8. The summed E-state index contributed by atoms with van der Waals surface area (Å²) in [5.74, 6) is -0.341. The van der Waals surface area contributed by atoms with Gasteiger partial charge in [-0.3, -0.25) is 0 Å². The van der Waals surface area contributed by atoms with Crippen molar-refractivity contribution in [3.8, 4) is 0 Å². The van der Waals surface area contributed by atoms with E-state index in [9.17, 15) is 8.42 Å². The molecular formula is C14H14ClN5O2S. The Morgan fingerprint density at radius 1 is 0.870 bits per heavy atom. The second-order valence-electron chi connectivity index (χ2n) is 4.46. The molecule has 0 radical (unpaired) electrons. The highest BCUT2D eigenvalue weighted by atomic mass is 35.5. The third kappa shape index (κ3) is 4.21. The summed E-state index contributed by atoms with van der Waals surface area (Å²) >= 11 is 5.76. The number of hydrogen-bond donors (Lipinski definition) is 3. The first-order chi connectivity index (χ1) is 10.8. The summed E-state index contributed by atoms with van der Waals surface area (Å²) in [6.45, 7) is 0. The maximum absolute atomic E-state index is 12.5. The van der Waals surface area contributed by atoms with Gasteiger partial charge in [-0.25, -0.2) is 13.4 Å². The maximum Gasteiger partial charge on any atom is 0.223 e. The van der Waals surface area contributed by atoms with Crippen molar-refractivity contribution in [3.63, 3.8) is 0 Å². The predicted octanol–water partition coefficient (Wildman–Crippen LogP) is 1.39. The molecule has 0 amide bonds. The molecular weight excluding hydrogens is 338 g/mol. The van der Waals surface area contributed by atoms with Gasteiger partial charge >= 0.3 is 0 Å². The molecule has 0 saturated carbocycles. The van der Waals surface area contributed by atoms with Crippen LogP contribution in [0.25, 0.3) is 0 Å². The number of aliphatic imine (C=N–C) groups is 2. The van der Waals surface area contributed by atoms with E-state index in [0.29, 0.717) is 10.7 Å². The number of benzene rings is 2. The van der Waals surface area contributed by atoms with E-state index >= 15 is 0 Å². The molecule has 9 heteroatoms. The molecule has 0 aliphatic carbocycles. The van der Waals surface area contributed by atoms with Gasteiger partial charge in [0.2, 0.25) is 15.8 Å². The molecule has 2 aromatic carbocycles. The van der Waals surface area contributed by atoms with E-state index in [1.165, 1.54) is 48.5 Å². The molecule has 0 aromatic heterocycles. The molecule has 23 heavy (non-hydrogen) atoms. The second kappa shape index (κ2) is 6.67. The van der Waals surface area contributed by atoms with Gasteiger partial charge in [0.15, 0.2) is 5.96 Å². The fourth-order valence-corrected chi connectivity index (χ4v) is 3.13. The van der Waals surface area contributed by atoms with Crippen molar-refractivity contribution in [1.82, 2.24) is 0 Å². The third-order valence-electron chi connectivity index (χ3n) is 2.76. The summed E-state index contributed by atoms with van der Waals surface area (Å²) in [4.78, 5) is 7.79. The highest BCUT2D eigenvalue weighted by Crippen LogP contribution is 2.24. The molecule has 0 aliphatic heterocycles. The van der Waals surface area contributed by atoms with Crippen molar-refractivity contribution in [2.45, 2.75) is 9.79 Å². The van der Waals surface area contributed by atoms with Gasteiger partial charge in [-0.15, -0.1) is 0 Å². The lowest BCUT2D eigenvalue weighted by Gasteiger charge is -2.05. The highest BCUT2D eigenvalue weighted by Gasteiger charge is 2.17. The Morgan fingerprint density at radius 3 is 1.83 bits per heavy atom. The van der Waals surface area contributed by atoms with E-state index in [2.05, 4.69) is 9.98 Å². The van der Waals surface area contributed by atoms with Crippen LogP contribution in [0.2, 0.25) is 5.02 Å². The minimum Gasteiger partial charge on any atom is -0.370 e. The fourth-order valence-electron chi connectivity index (χ4n) is 1.74. The Morgan fingerprint density at radius 2 is 1.35 bits per heavy atom. The van der Waals surface area contributed by atoms with Crippen LogP contribution in [0.15, 0.2) is 68.3 Å². The molecule has 0 unspecified atom stereocenters. The molecule has 6 N–H and O–H groups in total. The number of nitrogens with zero attached hydrogens (tertiary/aromatic N) is 2. The van der Waals surface area contributed by atoms with Gasteiger partial charge in [-0.1, -0.05) is 11.6 Å².